The van der Waals surface area contributed by atoms with E-state index in [0.717, 1.165) is 12.2 Å². The first-order chi connectivity index (χ1) is 7.70. The summed E-state index contributed by atoms with van der Waals surface area (Å²) in [5.74, 6) is 1.02. The van der Waals surface area contributed by atoms with Crippen LogP contribution in [0.15, 0.2) is 0 Å². The third-order valence-corrected chi connectivity index (χ3v) is 2.77. The van der Waals surface area contributed by atoms with Gasteiger partial charge in [-0.3, -0.25) is 9.59 Å². The molecule has 0 spiro atoms. The van der Waals surface area contributed by atoms with Gasteiger partial charge in [0.2, 0.25) is 0 Å². The highest BCUT2D eigenvalue weighted by atomic mass is 32.2. The number of hydrogen-bond donors (Lipinski definition) is 1. The normalized spacial score (nSPS) is 9.88. The summed E-state index contributed by atoms with van der Waals surface area (Å²) in [6.07, 6.45) is 1.47. The first-order valence-electron chi connectivity index (χ1n) is 5.11. The number of methoxy groups -OCH3 is 1. The molecule has 0 unspecified atom stereocenters. The highest BCUT2D eigenvalue weighted by Crippen LogP contribution is 2.07. The molecule has 0 atom stereocenters. The van der Waals surface area contributed by atoms with Crippen molar-refractivity contribution in [3.8, 4) is 0 Å². The van der Waals surface area contributed by atoms with Gasteiger partial charge in [0.15, 0.2) is 0 Å². The summed E-state index contributed by atoms with van der Waals surface area (Å²) in [7, 11) is 1.37. The Labute approximate surface area is 99.5 Å². The van der Waals surface area contributed by atoms with E-state index in [4.69, 9.17) is 5.11 Å². The molecule has 0 saturated carbocycles. The first kappa shape index (κ1) is 15.2. The summed E-state index contributed by atoms with van der Waals surface area (Å²) in [6, 6.07) is 0. The molecular formula is C10H18O5S. The van der Waals surface area contributed by atoms with Gasteiger partial charge in [-0.05, 0) is 12.2 Å². The molecule has 94 valence electrons. The molecule has 0 amide bonds. The summed E-state index contributed by atoms with van der Waals surface area (Å²) in [5, 5.41) is 8.41. The topological polar surface area (TPSA) is 72.8 Å². The van der Waals surface area contributed by atoms with Crippen molar-refractivity contribution >= 4 is 23.7 Å². The standard InChI is InChI=1S/C10H18O5S/c1-14-9(12)4-8-16-7-2-3-10(13)15-6-5-11/h11H,2-8H2,1H3. The van der Waals surface area contributed by atoms with Gasteiger partial charge in [0.25, 0.3) is 0 Å². The van der Waals surface area contributed by atoms with Gasteiger partial charge in [0, 0.05) is 12.2 Å². The Hall–Kier alpha value is -0.750. The molecule has 0 aliphatic rings. The highest BCUT2D eigenvalue weighted by Gasteiger charge is 2.03. The molecule has 0 aromatic heterocycles. The number of rotatable bonds is 9. The minimum absolute atomic E-state index is 0.0638. The Kier molecular flexibility index (Phi) is 10.3. The lowest BCUT2D eigenvalue weighted by Crippen LogP contribution is -2.08. The Morgan fingerprint density at radius 3 is 2.56 bits per heavy atom. The van der Waals surface area contributed by atoms with Crippen molar-refractivity contribution in [3.63, 3.8) is 0 Å². The third kappa shape index (κ3) is 9.79. The lowest BCUT2D eigenvalue weighted by molar-refractivity contribution is -0.144. The Bertz CT molecular complexity index is 207. The minimum Gasteiger partial charge on any atom is -0.469 e. The van der Waals surface area contributed by atoms with Crippen molar-refractivity contribution < 1.29 is 24.2 Å². The van der Waals surface area contributed by atoms with Crippen LogP contribution < -0.4 is 0 Å². The van der Waals surface area contributed by atoms with Crippen LogP contribution >= 0.6 is 11.8 Å². The molecule has 0 aliphatic carbocycles. The van der Waals surface area contributed by atoms with Gasteiger partial charge < -0.3 is 14.6 Å². The van der Waals surface area contributed by atoms with E-state index in [2.05, 4.69) is 9.47 Å². The molecule has 0 aromatic rings. The van der Waals surface area contributed by atoms with E-state index >= 15 is 0 Å². The predicted octanol–water partition coefficient (Wildman–Crippen LogP) is 0.598. The SMILES string of the molecule is COC(=O)CCSCCCC(=O)OCCO. The Morgan fingerprint density at radius 2 is 1.94 bits per heavy atom. The van der Waals surface area contributed by atoms with Crippen molar-refractivity contribution in [2.24, 2.45) is 0 Å². The monoisotopic (exact) mass is 250 g/mol. The summed E-state index contributed by atoms with van der Waals surface area (Å²) < 4.78 is 9.17. The fourth-order valence-corrected chi connectivity index (χ4v) is 1.77. The Balaban J connectivity index is 3.20. The predicted molar refractivity (Wildman–Crippen MR) is 61.2 cm³/mol. The van der Waals surface area contributed by atoms with Gasteiger partial charge in [-0.25, -0.2) is 0 Å². The van der Waals surface area contributed by atoms with E-state index in [0.29, 0.717) is 18.6 Å². The molecule has 1 N–H and O–H groups in total. The number of aliphatic hydroxyl groups is 1. The zero-order chi connectivity index (χ0) is 12.2. The van der Waals surface area contributed by atoms with E-state index in [1.54, 1.807) is 11.8 Å². The molecule has 0 bridgehead atoms. The number of aliphatic hydroxyl groups excluding tert-OH is 1. The summed E-state index contributed by atoms with van der Waals surface area (Å²) in [6.45, 7) is -0.0755. The van der Waals surface area contributed by atoms with Crippen LogP contribution in [0.1, 0.15) is 19.3 Å². The molecule has 0 heterocycles. The van der Waals surface area contributed by atoms with Gasteiger partial charge in [0.1, 0.15) is 6.61 Å². The van der Waals surface area contributed by atoms with E-state index in [1.165, 1.54) is 7.11 Å². The smallest absolute Gasteiger partial charge is 0.306 e. The maximum Gasteiger partial charge on any atom is 0.306 e. The van der Waals surface area contributed by atoms with Gasteiger partial charge in [-0.1, -0.05) is 0 Å². The molecule has 6 heteroatoms. The average molecular weight is 250 g/mol. The molecule has 0 aromatic carbocycles. The molecule has 0 radical (unpaired) electrons. The summed E-state index contributed by atoms with van der Waals surface area (Å²) in [4.78, 5) is 21.7. The largest absolute Gasteiger partial charge is 0.469 e. The molecule has 0 rings (SSSR count). The molecule has 16 heavy (non-hydrogen) atoms. The fraction of sp³-hybridized carbons (Fsp3) is 0.800. The van der Waals surface area contributed by atoms with Crippen LogP contribution in [0.4, 0.5) is 0 Å². The second-order valence-electron chi connectivity index (χ2n) is 2.99. The summed E-state index contributed by atoms with van der Waals surface area (Å²) in [5.41, 5.74) is 0. The molecule has 0 aliphatic heterocycles. The molecular weight excluding hydrogens is 232 g/mol. The van der Waals surface area contributed by atoms with Crippen molar-refractivity contribution in [1.82, 2.24) is 0 Å². The molecule has 5 nitrogen and oxygen atoms in total. The maximum absolute atomic E-state index is 11.0. The Morgan fingerprint density at radius 1 is 1.19 bits per heavy atom. The molecule has 0 saturated heterocycles. The minimum atomic E-state index is -0.289. The first-order valence-corrected chi connectivity index (χ1v) is 6.27. The number of thioether (sulfide) groups is 1. The van der Waals surface area contributed by atoms with Crippen molar-refractivity contribution in [1.29, 1.82) is 0 Å². The van der Waals surface area contributed by atoms with Crippen molar-refractivity contribution in [3.05, 3.63) is 0 Å². The van der Waals surface area contributed by atoms with Crippen LogP contribution in [-0.4, -0.2) is 48.9 Å². The van der Waals surface area contributed by atoms with Crippen LogP contribution in [0, 0.1) is 0 Å². The van der Waals surface area contributed by atoms with E-state index in [-0.39, 0.29) is 25.2 Å². The van der Waals surface area contributed by atoms with Crippen molar-refractivity contribution in [2.75, 3.05) is 31.8 Å². The van der Waals surface area contributed by atoms with Crippen LogP contribution in [0.25, 0.3) is 0 Å². The maximum atomic E-state index is 11.0. The number of carbonyl (C=O) groups excluding carboxylic acids is 2. The van der Waals surface area contributed by atoms with Gasteiger partial charge in [-0.15, -0.1) is 0 Å². The van der Waals surface area contributed by atoms with Gasteiger partial charge >= 0.3 is 11.9 Å². The zero-order valence-electron chi connectivity index (χ0n) is 9.44. The van der Waals surface area contributed by atoms with E-state index in [1.807, 2.05) is 0 Å². The molecule has 0 fully saturated rings. The average Bonchev–Trinajstić information content (AvgIpc) is 2.30. The second kappa shape index (κ2) is 10.8. The second-order valence-corrected chi connectivity index (χ2v) is 4.21. The summed E-state index contributed by atoms with van der Waals surface area (Å²) >= 11 is 1.60. The zero-order valence-corrected chi connectivity index (χ0v) is 10.3. The van der Waals surface area contributed by atoms with Crippen LogP contribution in [-0.2, 0) is 19.1 Å². The quantitative estimate of drug-likeness (QED) is 0.477. The lowest BCUT2D eigenvalue weighted by Gasteiger charge is -2.02. The number of esters is 2. The third-order valence-electron chi connectivity index (χ3n) is 1.70. The van der Waals surface area contributed by atoms with E-state index < -0.39 is 0 Å². The number of hydrogen-bond acceptors (Lipinski definition) is 6. The van der Waals surface area contributed by atoms with Crippen LogP contribution in [0.3, 0.4) is 0 Å². The lowest BCUT2D eigenvalue weighted by atomic mass is 10.3. The van der Waals surface area contributed by atoms with E-state index in [9.17, 15) is 9.59 Å². The highest BCUT2D eigenvalue weighted by molar-refractivity contribution is 7.99. The van der Waals surface area contributed by atoms with Gasteiger partial charge in [0.05, 0.1) is 20.1 Å². The van der Waals surface area contributed by atoms with Crippen LogP contribution in [0.2, 0.25) is 0 Å². The van der Waals surface area contributed by atoms with Gasteiger partial charge in [-0.2, -0.15) is 11.8 Å². The fourth-order valence-electron chi connectivity index (χ4n) is 0.910. The van der Waals surface area contributed by atoms with Crippen molar-refractivity contribution in [2.45, 2.75) is 19.3 Å². The number of ether oxygens (including phenoxy) is 2. The number of carbonyl (C=O) groups is 2. The van der Waals surface area contributed by atoms with Crippen LogP contribution in [0.5, 0.6) is 0 Å².